The molecule has 1 heterocycles. The van der Waals surface area contributed by atoms with Crippen molar-refractivity contribution in [3.63, 3.8) is 0 Å². The first-order chi connectivity index (χ1) is 9.56. The minimum atomic E-state index is -0.458. The van der Waals surface area contributed by atoms with Gasteiger partial charge in [-0.25, -0.2) is 9.78 Å². The summed E-state index contributed by atoms with van der Waals surface area (Å²) in [6.45, 7) is 6.69. The van der Waals surface area contributed by atoms with E-state index < -0.39 is 6.09 Å². The Kier molecular flexibility index (Phi) is 4.56. The van der Waals surface area contributed by atoms with Crippen molar-refractivity contribution in [3.05, 3.63) is 36.4 Å². The predicted octanol–water partition coefficient (Wildman–Crippen LogP) is 4.08. The Labute approximate surface area is 119 Å². The van der Waals surface area contributed by atoms with Crippen LogP contribution < -0.4 is 5.32 Å². The number of amides is 1. The number of para-hydroxylation sites is 1. The van der Waals surface area contributed by atoms with E-state index in [4.69, 9.17) is 4.74 Å². The number of ether oxygens (including phenoxy) is 1. The first-order valence-electron chi connectivity index (χ1n) is 6.86. The van der Waals surface area contributed by atoms with E-state index in [-0.39, 0.29) is 0 Å². The van der Waals surface area contributed by atoms with Crippen molar-refractivity contribution in [2.24, 2.45) is 11.8 Å². The molecule has 0 saturated heterocycles. The Balaban J connectivity index is 1.96. The second kappa shape index (κ2) is 6.37. The van der Waals surface area contributed by atoms with Gasteiger partial charge in [0.2, 0.25) is 0 Å². The molecule has 1 N–H and O–H groups in total. The van der Waals surface area contributed by atoms with Crippen molar-refractivity contribution in [2.45, 2.75) is 20.8 Å². The van der Waals surface area contributed by atoms with Crippen LogP contribution >= 0.6 is 0 Å². The smallest absolute Gasteiger partial charge is 0.412 e. The average molecular weight is 272 g/mol. The van der Waals surface area contributed by atoms with Gasteiger partial charge in [-0.2, -0.15) is 0 Å². The number of nitrogens with zero attached hydrogens (tertiary/aromatic N) is 1. The van der Waals surface area contributed by atoms with Crippen molar-refractivity contribution in [1.82, 2.24) is 4.98 Å². The molecule has 1 amide bonds. The third-order valence-corrected chi connectivity index (χ3v) is 3.44. The first-order valence-corrected chi connectivity index (χ1v) is 6.86. The molecule has 4 nitrogen and oxygen atoms in total. The third-order valence-electron chi connectivity index (χ3n) is 3.44. The van der Waals surface area contributed by atoms with E-state index >= 15 is 0 Å². The van der Waals surface area contributed by atoms with Gasteiger partial charge in [0.05, 0.1) is 12.1 Å². The molecule has 0 fully saturated rings. The molecule has 2 rings (SSSR count). The Hall–Kier alpha value is -2.10. The van der Waals surface area contributed by atoms with Crippen LogP contribution in [0.25, 0.3) is 10.9 Å². The van der Waals surface area contributed by atoms with Crippen LogP contribution in [0.5, 0.6) is 0 Å². The minimum Gasteiger partial charge on any atom is -0.449 e. The Morgan fingerprint density at radius 1 is 1.20 bits per heavy atom. The van der Waals surface area contributed by atoms with Crippen molar-refractivity contribution in [1.29, 1.82) is 0 Å². The van der Waals surface area contributed by atoms with Gasteiger partial charge >= 0.3 is 6.09 Å². The Morgan fingerprint density at radius 2 is 1.95 bits per heavy atom. The summed E-state index contributed by atoms with van der Waals surface area (Å²) in [5.74, 6) is 1.33. The lowest BCUT2D eigenvalue weighted by atomic mass is 10.00. The minimum absolute atomic E-state index is 0.338. The molecule has 2 aromatic rings. The van der Waals surface area contributed by atoms with E-state index in [9.17, 15) is 4.79 Å². The molecule has 0 bridgehead atoms. The third kappa shape index (κ3) is 3.70. The molecule has 0 radical (unpaired) electrons. The summed E-state index contributed by atoms with van der Waals surface area (Å²) >= 11 is 0. The summed E-state index contributed by atoms with van der Waals surface area (Å²) in [7, 11) is 0. The van der Waals surface area contributed by atoms with E-state index in [1.54, 1.807) is 6.07 Å². The Morgan fingerprint density at radius 3 is 2.70 bits per heavy atom. The molecular formula is C16H20N2O2. The van der Waals surface area contributed by atoms with Gasteiger partial charge in [-0.05, 0) is 30.0 Å². The summed E-state index contributed by atoms with van der Waals surface area (Å²) in [4.78, 5) is 16.1. The average Bonchev–Trinajstić information content (AvgIpc) is 2.44. The van der Waals surface area contributed by atoms with Gasteiger partial charge in [-0.3, -0.25) is 5.32 Å². The van der Waals surface area contributed by atoms with E-state index in [1.165, 1.54) is 0 Å². The maximum Gasteiger partial charge on any atom is 0.412 e. The quantitative estimate of drug-likeness (QED) is 0.912. The molecule has 1 atom stereocenters. The van der Waals surface area contributed by atoms with Crippen LogP contribution in [-0.2, 0) is 4.74 Å². The number of carbonyl (C=O) groups is 1. The van der Waals surface area contributed by atoms with Crippen molar-refractivity contribution < 1.29 is 9.53 Å². The molecule has 0 unspecified atom stereocenters. The molecule has 1 aromatic heterocycles. The highest BCUT2D eigenvalue weighted by molar-refractivity contribution is 5.86. The summed E-state index contributed by atoms with van der Waals surface area (Å²) in [5.41, 5.74) is 0.848. The van der Waals surface area contributed by atoms with Crippen LogP contribution in [0.4, 0.5) is 10.6 Å². The zero-order valence-corrected chi connectivity index (χ0v) is 12.1. The molecule has 1 aromatic carbocycles. The van der Waals surface area contributed by atoms with Gasteiger partial charge in [0.1, 0.15) is 5.82 Å². The van der Waals surface area contributed by atoms with Gasteiger partial charge in [-0.1, -0.05) is 39.0 Å². The largest absolute Gasteiger partial charge is 0.449 e. The topological polar surface area (TPSA) is 51.2 Å². The number of rotatable bonds is 4. The number of hydrogen-bond acceptors (Lipinski definition) is 3. The maximum atomic E-state index is 11.7. The first kappa shape index (κ1) is 14.3. The van der Waals surface area contributed by atoms with Crippen LogP contribution in [0.1, 0.15) is 20.8 Å². The van der Waals surface area contributed by atoms with E-state index in [2.05, 4.69) is 31.1 Å². The highest BCUT2D eigenvalue weighted by Gasteiger charge is 2.11. The van der Waals surface area contributed by atoms with Crippen molar-refractivity contribution >= 4 is 22.8 Å². The fourth-order valence-corrected chi connectivity index (χ4v) is 1.68. The maximum absolute atomic E-state index is 11.7. The van der Waals surface area contributed by atoms with E-state index in [0.29, 0.717) is 24.3 Å². The second-order valence-electron chi connectivity index (χ2n) is 5.33. The van der Waals surface area contributed by atoms with E-state index in [1.807, 2.05) is 30.3 Å². The molecule has 0 aliphatic carbocycles. The monoisotopic (exact) mass is 272 g/mol. The van der Waals surface area contributed by atoms with Gasteiger partial charge < -0.3 is 4.74 Å². The standard InChI is InChI=1S/C16H20N2O2/c1-11(2)12(3)10-20-16(19)18-15-9-8-13-6-4-5-7-14(13)17-15/h4-9,11-12H,10H2,1-3H3,(H,17,18,19)/t12-/m1/s1. The molecule has 0 saturated carbocycles. The van der Waals surface area contributed by atoms with Gasteiger partial charge in [0.25, 0.3) is 0 Å². The highest BCUT2D eigenvalue weighted by Crippen LogP contribution is 2.15. The lowest BCUT2D eigenvalue weighted by molar-refractivity contribution is 0.133. The fourth-order valence-electron chi connectivity index (χ4n) is 1.68. The lowest BCUT2D eigenvalue weighted by Gasteiger charge is -2.15. The number of benzene rings is 1. The number of fused-ring (bicyclic) bond motifs is 1. The van der Waals surface area contributed by atoms with Crippen molar-refractivity contribution in [3.8, 4) is 0 Å². The van der Waals surface area contributed by atoms with Gasteiger partial charge in [-0.15, -0.1) is 0 Å². The van der Waals surface area contributed by atoms with E-state index in [0.717, 1.165) is 10.9 Å². The second-order valence-corrected chi connectivity index (χ2v) is 5.33. The normalized spacial score (nSPS) is 12.4. The van der Waals surface area contributed by atoms with Gasteiger partial charge in [0, 0.05) is 5.39 Å². The zero-order valence-electron chi connectivity index (χ0n) is 12.1. The number of aromatic nitrogens is 1. The van der Waals surface area contributed by atoms with Crippen LogP contribution in [-0.4, -0.2) is 17.7 Å². The number of hydrogen-bond donors (Lipinski definition) is 1. The molecular weight excluding hydrogens is 252 g/mol. The number of carbonyl (C=O) groups excluding carboxylic acids is 1. The molecule has 0 aliphatic heterocycles. The SMILES string of the molecule is CC(C)[C@H](C)COC(=O)Nc1ccc2ccccc2n1. The molecule has 0 aliphatic rings. The number of nitrogens with one attached hydrogen (secondary N) is 1. The van der Waals surface area contributed by atoms with Crippen LogP contribution in [0.3, 0.4) is 0 Å². The number of pyridine rings is 1. The highest BCUT2D eigenvalue weighted by atomic mass is 16.5. The summed E-state index contributed by atoms with van der Waals surface area (Å²) in [6, 6.07) is 11.5. The van der Waals surface area contributed by atoms with Crippen LogP contribution in [0.15, 0.2) is 36.4 Å². The summed E-state index contributed by atoms with van der Waals surface area (Å²) < 4.78 is 5.19. The predicted molar refractivity (Wildman–Crippen MR) is 80.7 cm³/mol. The molecule has 20 heavy (non-hydrogen) atoms. The fraction of sp³-hybridized carbons (Fsp3) is 0.375. The molecule has 4 heteroatoms. The summed E-state index contributed by atoms with van der Waals surface area (Å²) in [6.07, 6.45) is -0.458. The van der Waals surface area contributed by atoms with Gasteiger partial charge in [0.15, 0.2) is 0 Å². The Bertz CT molecular complexity index is 596. The lowest BCUT2D eigenvalue weighted by Crippen LogP contribution is -2.20. The molecule has 0 spiro atoms. The van der Waals surface area contributed by atoms with Crippen LogP contribution in [0.2, 0.25) is 0 Å². The zero-order chi connectivity index (χ0) is 14.5. The molecule has 106 valence electrons. The van der Waals surface area contributed by atoms with Crippen molar-refractivity contribution in [2.75, 3.05) is 11.9 Å². The van der Waals surface area contributed by atoms with Crippen LogP contribution in [0, 0.1) is 11.8 Å². The summed E-state index contributed by atoms with van der Waals surface area (Å²) in [5, 5.41) is 3.70. The number of anilines is 1.